The van der Waals surface area contributed by atoms with Crippen LogP contribution in [0.15, 0.2) is 94.0 Å². The molecule has 0 aromatic heterocycles. The number of aliphatic hydroxyl groups is 1. The molecule has 0 aliphatic carbocycles. The Bertz CT molecular complexity index is 1320. The number of aliphatic hydroxyl groups excluding tert-OH is 1. The molecule has 0 spiro atoms. The van der Waals surface area contributed by atoms with Crippen molar-refractivity contribution in [3.05, 3.63) is 107 Å². The predicted molar refractivity (Wildman–Crippen MR) is 158 cm³/mol. The molecule has 0 fully saturated rings. The molecule has 0 bridgehead atoms. The number of aliphatic imine (C=N–C) groups is 1. The SMILES string of the molecule is CCOC(=O)C1=C(O)/C(=C/c2ccc(OCc3ccc(I)cc3)c(I)c2)SC1=Nc1ccccc1. The van der Waals surface area contributed by atoms with Gasteiger partial charge in [0.15, 0.2) is 0 Å². The lowest BCUT2D eigenvalue weighted by Gasteiger charge is -2.09. The minimum atomic E-state index is -0.593. The van der Waals surface area contributed by atoms with Crippen LogP contribution < -0.4 is 4.74 Å². The summed E-state index contributed by atoms with van der Waals surface area (Å²) in [7, 11) is 0. The summed E-state index contributed by atoms with van der Waals surface area (Å²) in [6.07, 6.45) is 1.83. The largest absolute Gasteiger partial charge is 0.506 e. The van der Waals surface area contributed by atoms with E-state index in [0.717, 1.165) is 20.4 Å². The third-order valence-corrected chi connectivity index (χ3v) is 7.50. The van der Waals surface area contributed by atoms with Gasteiger partial charge in [0.1, 0.15) is 28.7 Å². The number of carbonyl (C=O) groups is 1. The zero-order valence-corrected chi connectivity index (χ0v) is 23.8. The van der Waals surface area contributed by atoms with Gasteiger partial charge in [-0.1, -0.05) is 48.2 Å². The van der Waals surface area contributed by atoms with E-state index in [9.17, 15) is 9.90 Å². The Morgan fingerprint density at radius 3 is 2.49 bits per heavy atom. The van der Waals surface area contributed by atoms with Crippen LogP contribution in [0.4, 0.5) is 5.69 Å². The van der Waals surface area contributed by atoms with Crippen molar-refractivity contribution in [2.24, 2.45) is 4.99 Å². The van der Waals surface area contributed by atoms with Gasteiger partial charge in [0, 0.05) is 3.57 Å². The molecule has 0 radical (unpaired) electrons. The third-order valence-electron chi connectivity index (χ3n) is 4.92. The summed E-state index contributed by atoms with van der Waals surface area (Å²) in [5.41, 5.74) is 2.74. The number of hydrogen-bond acceptors (Lipinski definition) is 6. The van der Waals surface area contributed by atoms with Crippen LogP contribution in [-0.2, 0) is 16.1 Å². The number of para-hydroxylation sites is 1. The first kappa shape index (κ1) is 25.8. The molecule has 4 rings (SSSR count). The van der Waals surface area contributed by atoms with Crippen molar-refractivity contribution in [1.82, 2.24) is 0 Å². The highest BCUT2D eigenvalue weighted by molar-refractivity contribution is 14.1. The van der Waals surface area contributed by atoms with E-state index in [1.54, 1.807) is 6.92 Å². The van der Waals surface area contributed by atoms with Gasteiger partial charge in [-0.15, -0.1) is 0 Å². The van der Waals surface area contributed by atoms with E-state index in [0.29, 0.717) is 22.2 Å². The van der Waals surface area contributed by atoms with Crippen LogP contribution in [0.5, 0.6) is 5.75 Å². The molecular weight excluding hydrogens is 688 g/mol. The molecular formula is C27H21I2NO4S. The summed E-state index contributed by atoms with van der Waals surface area (Å²) < 4.78 is 13.3. The van der Waals surface area contributed by atoms with Gasteiger partial charge in [0.2, 0.25) is 0 Å². The van der Waals surface area contributed by atoms with Crippen molar-refractivity contribution in [3.8, 4) is 5.75 Å². The van der Waals surface area contributed by atoms with Crippen LogP contribution in [0.25, 0.3) is 6.08 Å². The van der Waals surface area contributed by atoms with Gasteiger partial charge < -0.3 is 14.6 Å². The standard InChI is InChI=1S/C27H21I2NO4S/c1-2-33-27(32)24-25(31)23(35-26(24)30-20-6-4-3-5-7-20)15-18-10-13-22(21(29)14-18)34-16-17-8-11-19(28)12-9-17/h3-15,31H,2,16H2,1H3/b23-15-,30-26?. The number of benzene rings is 3. The van der Waals surface area contributed by atoms with Crippen LogP contribution >= 0.6 is 56.9 Å². The number of hydrogen-bond donors (Lipinski definition) is 1. The van der Waals surface area contributed by atoms with Crippen molar-refractivity contribution in [1.29, 1.82) is 0 Å². The molecule has 1 heterocycles. The van der Waals surface area contributed by atoms with Crippen molar-refractivity contribution >= 4 is 79.7 Å². The Kier molecular flexibility index (Phi) is 8.90. The van der Waals surface area contributed by atoms with Crippen molar-refractivity contribution in [2.75, 3.05) is 6.61 Å². The van der Waals surface area contributed by atoms with Crippen LogP contribution in [0.1, 0.15) is 18.1 Å². The monoisotopic (exact) mass is 709 g/mol. The second kappa shape index (κ2) is 12.1. The highest BCUT2D eigenvalue weighted by atomic mass is 127. The number of esters is 1. The Labute approximate surface area is 235 Å². The van der Waals surface area contributed by atoms with E-state index in [1.165, 1.54) is 15.3 Å². The van der Waals surface area contributed by atoms with Crippen molar-refractivity contribution in [2.45, 2.75) is 13.5 Å². The maximum atomic E-state index is 12.6. The molecule has 0 atom stereocenters. The molecule has 0 unspecified atom stereocenters. The summed E-state index contributed by atoms with van der Waals surface area (Å²) in [5.74, 6) is 0.0605. The fourth-order valence-corrected chi connectivity index (χ4v) is 5.32. The zero-order valence-electron chi connectivity index (χ0n) is 18.7. The average molecular weight is 709 g/mol. The molecule has 35 heavy (non-hydrogen) atoms. The minimum absolute atomic E-state index is 0.0825. The number of halogens is 2. The maximum Gasteiger partial charge on any atom is 0.344 e. The van der Waals surface area contributed by atoms with Gasteiger partial charge in [0.05, 0.1) is 20.8 Å². The Hall–Kier alpha value is -2.31. The first-order valence-electron chi connectivity index (χ1n) is 10.8. The van der Waals surface area contributed by atoms with Gasteiger partial charge >= 0.3 is 5.97 Å². The highest BCUT2D eigenvalue weighted by Crippen LogP contribution is 2.40. The maximum absolute atomic E-state index is 12.6. The number of ether oxygens (including phenoxy) is 2. The highest BCUT2D eigenvalue weighted by Gasteiger charge is 2.33. The van der Waals surface area contributed by atoms with Crippen molar-refractivity contribution in [3.63, 3.8) is 0 Å². The minimum Gasteiger partial charge on any atom is -0.506 e. The summed E-state index contributed by atoms with van der Waals surface area (Å²) in [5, 5.41) is 11.3. The summed E-state index contributed by atoms with van der Waals surface area (Å²) in [4.78, 5) is 17.7. The fourth-order valence-electron chi connectivity index (χ4n) is 3.23. The fraction of sp³-hybridized carbons (Fsp3) is 0.111. The van der Waals surface area contributed by atoms with E-state index >= 15 is 0 Å². The van der Waals surface area contributed by atoms with Gasteiger partial charge in [-0.3, -0.25) is 0 Å². The van der Waals surface area contributed by atoms with Crippen LogP contribution in [0.3, 0.4) is 0 Å². The molecule has 1 aliphatic rings. The van der Waals surface area contributed by atoms with E-state index in [2.05, 4.69) is 74.4 Å². The van der Waals surface area contributed by atoms with Gasteiger partial charge in [-0.25, -0.2) is 9.79 Å². The second-order valence-corrected chi connectivity index (χ2v) is 10.9. The lowest BCUT2D eigenvalue weighted by atomic mass is 10.1. The predicted octanol–water partition coefficient (Wildman–Crippen LogP) is 7.67. The number of nitrogens with zero attached hydrogens (tertiary/aromatic N) is 1. The molecule has 0 amide bonds. The van der Waals surface area contributed by atoms with Gasteiger partial charge in [0.25, 0.3) is 0 Å². The summed E-state index contributed by atoms with van der Waals surface area (Å²) in [6.45, 7) is 2.42. The number of rotatable bonds is 7. The normalized spacial score (nSPS) is 15.6. The number of carbonyl (C=O) groups excluding carboxylic acids is 1. The van der Waals surface area contributed by atoms with Crippen molar-refractivity contribution < 1.29 is 19.4 Å². The molecule has 8 heteroatoms. The Balaban J connectivity index is 1.58. The molecule has 178 valence electrons. The molecule has 3 aromatic rings. The van der Waals surface area contributed by atoms with Gasteiger partial charge in [-0.2, -0.15) is 0 Å². The van der Waals surface area contributed by atoms with E-state index in [1.807, 2.05) is 54.6 Å². The average Bonchev–Trinajstić information content (AvgIpc) is 3.14. The van der Waals surface area contributed by atoms with E-state index in [-0.39, 0.29) is 17.9 Å². The van der Waals surface area contributed by atoms with Crippen LogP contribution in [0.2, 0.25) is 0 Å². The van der Waals surface area contributed by atoms with E-state index in [4.69, 9.17) is 9.47 Å². The van der Waals surface area contributed by atoms with Crippen LogP contribution in [-0.4, -0.2) is 22.7 Å². The Morgan fingerprint density at radius 1 is 1.06 bits per heavy atom. The first-order valence-corrected chi connectivity index (χ1v) is 13.7. The molecule has 5 nitrogen and oxygen atoms in total. The van der Waals surface area contributed by atoms with Gasteiger partial charge in [-0.05, 0) is 106 Å². The van der Waals surface area contributed by atoms with Crippen LogP contribution in [0, 0.1) is 7.14 Å². The molecule has 0 saturated heterocycles. The zero-order chi connectivity index (χ0) is 24.8. The molecule has 1 aliphatic heterocycles. The molecule has 1 N–H and O–H groups in total. The smallest absolute Gasteiger partial charge is 0.344 e. The number of thioether (sulfide) groups is 1. The lowest BCUT2D eigenvalue weighted by Crippen LogP contribution is -2.12. The topological polar surface area (TPSA) is 68.1 Å². The molecule has 3 aromatic carbocycles. The molecule has 0 saturated carbocycles. The second-order valence-electron chi connectivity index (χ2n) is 7.41. The summed E-state index contributed by atoms with van der Waals surface area (Å²) >= 11 is 5.76. The van der Waals surface area contributed by atoms with E-state index < -0.39 is 5.97 Å². The first-order chi connectivity index (χ1) is 16.9. The summed E-state index contributed by atoms with van der Waals surface area (Å²) in [6, 6.07) is 23.3. The lowest BCUT2D eigenvalue weighted by molar-refractivity contribution is -0.138. The quantitative estimate of drug-likeness (QED) is 0.202. The Morgan fingerprint density at radius 2 is 1.80 bits per heavy atom. The third kappa shape index (κ3) is 6.68.